The van der Waals surface area contributed by atoms with Crippen LogP contribution in [0, 0.1) is 13.8 Å². The summed E-state index contributed by atoms with van der Waals surface area (Å²) in [7, 11) is 0. The topological polar surface area (TPSA) is 83.0 Å². The zero-order valence-electron chi connectivity index (χ0n) is 8.83. The van der Waals surface area contributed by atoms with Crippen LogP contribution in [-0.2, 0) is 11.2 Å². The number of carboxylic acids is 1. The molecule has 1 aromatic rings. The molecule has 0 saturated heterocycles. The largest absolute Gasteiger partial charge is 0.481 e. The first-order valence-electron chi connectivity index (χ1n) is 4.79. The van der Waals surface area contributed by atoms with Crippen molar-refractivity contribution in [2.24, 2.45) is 0 Å². The SMILES string of the molecule is Cc1nc(C)c(CCCC(=O)O)c(=O)[nH]1. The lowest BCUT2D eigenvalue weighted by Gasteiger charge is -2.03. The molecule has 15 heavy (non-hydrogen) atoms. The second-order valence-corrected chi connectivity index (χ2v) is 3.46. The summed E-state index contributed by atoms with van der Waals surface area (Å²) in [4.78, 5) is 28.5. The Bertz CT molecular complexity index is 423. The number of aromatic amines is 1. The van der Waals surface area contributed by atoms with Gasteiger partial charge in [-0.3, -0.25) is 9.59 Å². The van der Waals surface area contributed by atoms with Crippen molar-refractivity contribution in [3.63, 3.8) is 0 Å². The van der Waals surface area contributed by atoms with Crippen LogP contribution in [0.2, 0.25) is 0 Å². The maximum Gasteiger partial charge on any atom is 0.303 e. The number of aliphatic carboxylic acids is 1. The van der Waals surface area contributed by atoms with E-state index < -0.39 is 5.97 Å². The number of hydrogen-bond acceptors (Lipinski definition) is 3. The number of rotatable bonds is 4. The number of carbonyl (C=O) groups is 1. The van der Waals surface area contributed by atoms with Crippen molar-refractivity contribution in [3.05, 3.63) is 27.4 Å². The highest BCUT2D eigenvalue weighted by atomic mass is 16.4. The molecule has 0 aliphatic heterocycles. The Kier molecular flexibility index (Phi) is 3.60. The van der Waals surface area contributed by atoms with Crippen LogP contribution in [0.15, 0.2) is 4.79 Å². The van der Waals surface area contributed by atoms with Crippen molar-refractivity contribution in [3.8, 4) is 0 Å². The molecule has 0 bridgehead atoms. The van der Waals surface area contributed by atoms with Crippen molar-refractivity contribution in [2.45, 2.75) is 33.1 Å². The number of nitrogens with zero attached hydrogens (tertiary/aromatic N) is 1. The Labute approximate surface area is 87.2 Å². The van der Waals surface area contributed by atoms with Crippen molar-refractivity contribution < 1.29 is 9.90 Å². The Balaban J connectivity index is 2.77. The van der Waals surface area contributed by atoms with Gasteiger partial charge in [-0.15, -0.1) is 0 Å². The number of nitrogens with one attached hydrogen (secondary N) is 1. The molecule has 0 unspecified atom stereocenters. The molecule has 0 spiro atoms. The highest BCUT2D eigenvalue weighted by molar-refractivity contribution is 5.66. The first kappa shape index (κ1) is 11.4. The lowest BCUT2D eigenvalue weighted by atomic mass is 10.1. The van der Waals surface area contributed by atoms with Gasteiger partial charge in [0, 0.05) is 17.7 Å². The molecule has 2 N–H and O–H groups in total. The first-order valence-corrected chi connectivity index (χ1v) is 4.79. The van der Waals surface area contributed by atoms with Crippen LogP contribution in [0.4, 0.5) is 0 Å². The lowest BCUT2D eigenvalue weighted by molar-refractivity contribution is -0.137. The van der Waals surface area contributed by atoms with E-state index >= 15 is 0 Å². The summed E-state index contributed by atoms with van der Waals surface area (Å²) in [5.74, 6) is -0.261. The lowest BCUT2D eigenvalue weighted by Crippen LogP contribution is -2.18. The fourth-order valence-electron chi connectivity index (χ4n) is 1.46. The van der Waals surface area contributed by atoms with E-state index in [1.165, 1.54) is 0 Å². The standard InChI is InChI=1S/C10H14N2O3/c1-6-8(4-3-5-9(13)14)10(15)12-7(2)11-6/h3-5H2,1-2H3,(H,13,14)(H,11,12,15). The van der Waals surface area contributed by atoms with E-state index in [1.54, 1.807) is 13.8 Å². The average Bonchev–Trinajstić information content (AvgIpc) is 2.08. The predicted octanol–water partition coefficient (Wildman–Crippen LogP) is 0.794. The van der Waals surface area contributed by atoms with Crippen LogP contribution in [0.5, 0.6) is 0 Å². The molecule has 0 atom stereocenters. The summed E-state index contributed by atoms with van der Waals surface area (Å²) in [6.07, 6.45) is 0.998. The quantitative estimate of drug-likeness (QED) is 0.769. The summed E-state index contributed by atoms with van der Waals surface area (Å²) >= 11 is 0. The van der Waals surface area contributed by atoms with Crippen LogP contribution < -0.4 is 5.56 Å². The Hall–Kier alpha value is -1.65. The van der Waals surface area contributed by atoms with E-state index in [-0.39, 0.29) is 12.0 Å². The molecule has 0 aromatic carbocycles. The van der Waals surface area contributed by atoms with Crippen LogP contribution in [0.3, 0.4) is 0 Å². The van der Waals surface area contributed by atoms with Gasteiger partial charge in [0.15, 0.2) is 0 Å². The Morgan fingerprint density at radius 1 is 1.47 bits per heavy atom. The maximum absolute atomic E-state index is 11.5. The summed E-state index contributed by atoms with van der Waals surface area (Å²) in [6.45, 7) is 3.48. The van der Waals surface area contributed by atoms with Gasteiger partial charge >= 0.3 is 5.97 Å². The molecule has 0 aliphatic rings. The average molecular weight is 210 g/mol. The predicted molar refractivity (Wildman–Crippen MR) is 54.9 cm³/mol. The maximum atomic E-state index is 11.5. The third kappa shape index (κ3) is 3.19. The molecule has 0 amide bonds. The number of H-pyrrole nitrogens is 1. The van der Waals surface area contributed by atoms with Crippen molar-refractivity contribution in [1.29, 1.82) is 0 Å². The molecule has 0 fully saturated rings. The first-order chi connectivity index (χ1) is 7.00. The van der Waals surface area contributed by atoms with Crippen LogP contribution >= 0.6 is 0 Å². The molecule has 0 radical (unpaired) electrons. The number of hydrogen-bond donors (Lipinski definition) is 2. The summed E-state index contributed by atoms with van der Waals surface area (Å²) in [6, 6.07) is 0. The Morgan fingerprint density at radius 3 is 2.67 bits per heavy atom. The molecular weight excluding hydrogens is 196 g/mol. The molecular formula is C10H14N2O3. The van der Waals surface area contributed by atoms with E-state index in [1.807, 2.05) is 0 Å². The van der Waals surface area contributed by atoms with E-state index in [0.717, 1.165) is 0 Å². The monoisotopic (exact) mass is 210 g/mol. The fraction of sp³-hybridized carbons (Fsp3) is 0.500. The van der Waals surface area contributed by atoms with Gasteiger partial charge < -0.3 is 10.1 Å². The summed E-state index contributed by atoms with van der Waals surface area (Å²) in [5, 5.41) is 8.47. The van der Waals surface area contributed by atoms with E-state index in [2.05, 4.69) is 9.97 Å². The van der Waals surface area contributed by atoms with Crippen LogP contribution in [-0.4, -0.2) is 21.0 Å². The molecule has 1 heterocycles. The minimum Gasteiger partial charge on any atom is -0.481 e. The highest BCUT2D eigenvalue weighted by Gasteiger charge is 2.07. The number of aryl methyl sites for hydroxylation is 2. The van der Waals surface area contributed by atoms with Gasteiger partial charge in [0.2, 0.25) is 0 Å². The summed E-state index contributed by atoms with van der Waals surface area (Å²) in [5.41, 5.74) is 1.11. The molecule has 82 valence electrons. The van der Waals surface area contributed by atoms with Crippen LogP contribution in [0.25, 0.3) is 0 Å². The van der Waals surface area contributed by atoms with Gasteiger partial charge in [0.1, 0.15) is 5.82 Å². The molecule has 1 aromatic heterocycles. The smallest absolute Gasteiger partial charge is 0.303 e. The van der Waals surface area contributed by atoms with Crippen LogP contribution in [0.1, 0.15) is 29.9 Å². The second kappa shape index (κ2) is 4.72. The van der Waals surface area contributed by atoms with E-state index in [0.29, 0.717) is 29.9 Å². The molecule has 0 saturated carbocycles. The van der Waals surface area contributed by atoms with Crippen molar-refractivity contribution in [2.75, 3.05) is 0 Å². The van der Waals surface area contributed by atoms with Gasteiger partial charge in [-0.1, -0.05) is 0 Å². The van der Waals surface area contributed by atoms with Crippen molar-refractivity contribution in [1.82, 2.24) is 9.97 Å². The van der Waals surface area contributed by atoms with Gasteiger partial charge in [0.05, 0.1) is 0 Å². The van der Waals surface area contributed by atoms with Crippen molar-refractivity contribution >= 4 is 5.97 Å². The van der Waals surface area contributed by atoms with E-state index in [9.17, 15) is 9.59 Å². The molecule has 5 heteroatoms. The van der Waals surface area contributed by atoms with Gasteiger partial charge in [-0.2, -0.15) is 0 Å². The molecule has 5 nitrogen and oxygen atoms in total. The fourth-order valence-corrected chi connectivity index (χ4v) is 1.46. The number of aromatic nitrogens is 2. The summed E-state index contributed by atoms with van der Waals surface area (Å²) < 4.78 is 0. The minimum atomic E-state index is -0.843. The zero-order chi connectivity index (χ0) is 11.4. The third-order valence-electron chi connectivity index (χ3n) is 2.16. The molecule has 0 aliphatic carbocycles. The Morgan fingerprint density at radius 2 is 2.13 bits per heavy atom. The minimum absolute atomic E-state index is 0.0761. The zero-order valence-corrected chi connectivity index (χ0v) is 8.83. The normalized spacial score (nSPS) is 10.3. The third-order valence-corrected chi connectivity index (χ3v) is 2.16. The van der Waals surface area contributed by atoms with Gasteiger partial charge in [-0.25, -0.2) is 4.98 Å². The number of carboxylic acid groups (broad SMARTS) is 1. The van der Waals surface area contributed by atoms with Gasteiger partial charge in [0.25, 0.3) is 5.56 Å². The molecule has 1 rings (SSSR count). The highest BCUT2D eigenvalue weighted by Crippen LogP contribution is 2.04. The second-order valence-electron chi connectivity index (χ2n) is 3.46. The van der Waals surface area contributed by atoms with Gasteiger partial charge in [-0.05, 0) is 26.7 Å². The van der Waals surface area contributed by atoms with E-state index in [4.69, 9.17) is 5.11 Å².